The van der Waals surface area contributed by atoms with Gasteiger partial charge in [0.1, 0.15) is 9.90 Å². The fraction of sp³-hybridized carbons (Fsp3) is 0.105. The summed E-state index contributed by atoms with van der Waals surface area (Å²) in [5, 5.41) is 0.572. The second kappa shape index (κ2) is 7.68. The molecule has 148 valence electrons. The van der Waals surface area contributed by atoms with E-state index in [1.54, 1.807) is 42.5 Å². The number of nitrogens with zero attached hydrogens (tertiary/aromatic N) is 2. The van der Waals surface area contributed by atoms with Gasteiger partial charge in [0.15, 0.2) is 0 Å². The van der Waals surface area contributed by atoms with E-state index in [0.717, 1.165) is 21.8 Å². The van der Waals surface area contributed by atoms with Crippen LogP contribution in [0.1, 0.15) is 31.3 Å². The molecule has 3 aromatic rings. The number of sulfonamides is 1. The summed E-state index contributed by atoms with van der Waals surface area (Å²) in [5.74, 6) is -0.916. The number of nitrogens with one attached hydrogen (secondary N) is 1. The summed E-state index contributed by atoms with van der Waals surface area (Å²) in [6.07, 6.45) is 1.45. The van der Waals surface area contributed by atoms with Gasteiger partial charge in [0, 0.05) is 22.6 Å². The number of amides is 2. The number of carbonyl (C=O) groups excluding carboxylic acids is 2. The highest BCUT2D eigenvalue weighted by molar-refractivity contribution is 7.91. The first-order valence-electron chi connectivity index (χ1n) is 8.49. The topological polar surface area (TPSA) is 96.4 Å². The third-order valence-electron chi connectivity index (χ3n) is 4.33. The first-order valence-corrected chi connectivity index (χ1v) is 11.2. The molecule has 0 bridgehead atoms. The van der Waals surface area contributed by atoms with E-state index in [1.165, 1.54) is 12.3 Å². The van der Waals surface area contributed by atoms with Crippen LogP contribution in [0.5, 0.6) is 0 Å². The molecule has 1 aliphatic rings. The summed E-state index contributed by atoms with van der Waals surface area (Å²) in [6.45, 7) is 0.113. The Morgan fingerprint density at radius 1 is 1.03 bits per heavy atom. The summed E-state index contributed by atoms with van der Waals surface area (Å²) in [7, 11) is -3.73. The zero-order valence-corrected chi connectivity index (χ0v) is 17.2. The third kappa shape index (κ3) is 3.95. The Bertz CT molecular complexity index is 1170. The standard InChI is InChI=1S/C19H14ClN3O4S2/c20-13-5-3-12(4-6-13)10-22-29(26,27)16-8-7-14(28-16)11-23-18(24)15-2-1-9-21-17(15)19(23)25/h1-9,22H,10-11H2. The van der Waals surface area contributed by atoms with Gasteiger partial charge in [-0.05, 0) is 42.0 Å². The van der Waals surface area contributed by atoms with Crippen LogP contribution in [-0.2, 0) is 23.1 Å². The fourth-order valence-corrected chi connectivity index (χ4v) is 5.39. The summed E-state index contributed by atoms with van der Waals surface area (Å²) >= 11 is 6.84. The Morgan fingerprint density at radius 3 is 2.52 bits per heavy atom. The highest BCUT2D eigenvalue weighted by Gasteiger charge is 2.36. The largest absolute Gasteiger partial charge is 0.280 e. The van der Waals surface area contributed by atoms with E-state index in [1.807, 2.05) is 0 Å². The monoisotopic (exact) mass is 447 g/mol. The average molecular weight is 448 g/mol. The molecular formula is C19H14ClN3O4S2. The Balaban J connectivity index is 1.46. The van der Waals surface area contributed by atoms with Gasteiger partial charge in [-0.3, -0.25) is 19.5 Å². The number of halogens is 1. The van der Waals surface area contributed by atoms with Crippen LogP contribution in [0.25, 0.3) is 0 Å². The van der Waals surface area contributed by atoms with Crippen LogP contribution in [-0.4, -0.2) is 30.1 Å². The van der Waals surface area contributed by atoms with E-state index in [0.29, 0.717) is 9.90 Å². The minimum Gasteiger partial charge on any atom is -0.268 e. The van der Waals surface area contributed by atoms with E-state index in [9.17, 15) is 18.0 Å². The molecular weight excluding hydrogens is 434 g/mol. The molecule has 0 spiro atoms. The summed E-state index contributed by atoms with van der Waals surface area (Å²) in [5.41, 5.74) is 1.14. The number of fused-ring (bicyclic) bond motifs is 1. The van der Waals surface area contributed by atoms with Gasteiger partial charge in [-0.1, -0.05) is 23.7 Å². The molecule has 0 atom stereocenters. The Hall–Kier alpha value is -2.59. The normalized spacial score (nSPS) is 13.8. The van der Waals surface area contributed by atoms with E-state index >= 15 is 0 Å². The number of benzene rings is 1. The molecule has 0 radical (unpaired) electrons. The number of thiophene rings is 1. The summed E-state index contributed by atoms with van der Waals surface area (Å²) in [6, 6.07) is 13.0. The van der Waals surface area contributed by atoms with Crippen molar-refractivity contribution in [1.82, 2.24) is 14.6 Å². The molecule has 2 aromatic heterocycles. The highest BCUT2D eigenvalue weighted by atomic mass is 35.5. The maximum Gasteiger partial charge on any atom is 0.280 e. The van der Waals surface area contributed by atoms with Gasteiger partial charge >= 0.3 is 0 Å². The van der Waals surface area contributed by atoms with Gasteiger partial charge < -0.3 is 0 Å². The molecule has 0 fully saturated rings. The molecule has 1 N–H and O–H groups in total. The van der Waals surface area contributed by atoms with E-state index in [2.05, 4.69) is 9.71 Å². The minimum absolute atomic E-state index is 0.00853. The molecule has 7 nitrogen and oxygen atoms in total. The lowest BCUT2D eigenvalue weighted by molar-refractivity contribution is 0.0642. The van der Waals surface area contributed by atoms with Crippen LogP contribution in [0, 0.1) is 0 Å². The molecule has 0 saturated carbocycles. The lowest BCUT2D eigenvalue weighted by Gasteiger charge is -2.11. The zero-order chi connectivity index (χ0) is 20.6. The van der Waals surface area contributed by atoms with Crippen LogP contribution >= 0.6 is 22.9 Å². The minimum atomic E-state index is -3.73. The maximum atomic E-state index is 12.5. The number of carbonyl (C=O) groups is 2. The second-order valence-corrected chi connectivity index (χ2v) is 9.87. The number of rotatable bonds is 6. The number of aromatic nitrogens is 1. The second-order valence-electron chi connectivity index (χ2n) is 6.27. The van der Waals surface area contributed by atoms with Crippen molar-refractivity contribution < 1.29 is 18.0 Å². The lowest BCUT2D eigenvalue weighted by atomic mass is 10.2. The molecule has 3 heterocycles. The van der Waals surface area contributed by atoms with Crippen molar-refractivity contribution in [1.29, 1.82) is 0 Å². The third-order valence-corrected chi connectivity index (χ3v) is 7.54. The molecule has 1 aromatic carbocycles. The number of pyridine rings is 1. The first kappa shape index (κ1) is 19.7. The number of hydrogen-bond acceptors (Lipinski definition) is 6. The van der Waals surface area contributed by atoms with Crippen molar-refractivity contribution in [3.63, 3.8) is 0 Å². The van der Waals surface area contributed by atoms with Gasteiger partial charge in [0.25, 0.3) is 11.8 Å². The number of imide groups is 1. The lowest BCUT2D eigenvalue weighted by Crippen LogP contribution is -2.28. The SMILES string of the molecule is O=C1c2cccnc2C(=O)N1Cc1ccc(S(=O)(=O)NCc2ccc(Cl)cc2)s1. The van der Waals surface area contributed by atoms with E-state index in [4.69, 9.17) is 11.6 Å². The van der Waals surface area contributed by atoms with Crippen LogP contribution in [0.3, 0.4) is 0 Å². The van der Waals surface area contributed by atoms with Crippen LogP contribution < -0.4 is 4.72 Å². The van der Waals surface area contributed by atoms with Crippen molar-refractivity contribution in [3.8, 4) is 0 Å². The van der Waals surface area contributed by atoms with Gasteiger partial charge in [0.2, 0.25) is 10.0 Å². The molecule has 4 rings (SSSR count). The van der Waals surface area contributed by atoms with Gasteiger partial charge in [-0.25, -0.2) is 13.1 Å². The quantitative estimate of drug-likeness (QED) is 0.586. The predicted octanol–water partition coefficient (Wildman–Crippen LogP) is 3.07. The fourth-order valence-electron chi connectivity index (χ4n) is 2.85. The Kier molecular flexibility index (Phi) is 5.22. The zero-order valence-electron chi connectivity index (χ0n) is 14.8. The Morgan fingerprint density at radius 2 is 1.79 bits per heavy atom. The van der Waals surface area contributed by atoms with Crippen molar-refractivity contribution >= 4 is 44.8 Å². The predicted molar refractivity (Wildman–Crippen MR) is 108 cm³/mol. The van der Waals surface area contributed by atoms with Crippen molar-refractivity contribution in [2.45, 2.75) is 17.3 Å². The van der Waals surface area contributed by atoms with Crippen LogP contribution in [0.4, 0.5) is 0 Å². The van der Waals surface area contributed by atoms with Crippen molar-refractivity contribution in [2.24, 2.45) is 0 Å². The van der Waals surface area contributed by atoms with Gasteiger partial charge in [-0.15, -0.1) is 11.3 Å². The van der Waals surface area contributed by atoms with Gasteiger partial charge in [0.05, 0.1) is 12.1 Å². The summed E-state index contributed by atoms with van der Waals surface area (Å²) in [4.78, 5) is 30.4. The van der Waals surface area contributed by atoms with E-state index < -0.39 is 21.8 Å². The Labute approximate surface area is 176 Å². The molecule has 0 aliphatic carbocycles. The molecule has 2 amide bonds. The molecule has 29 heavy (non-hydrogen) atoms. The maximum absolute atomic E-state index is 12.5. The smallest absolute Gasteiger partial charge is 0.268 e. The average Bonchev–Trinajstić information content (AvgIpc) is 3.28. The molecule has 0 unspecified atom stereocenters. The van der Waals surface area contributed by atoms with Crippen molar-refractivity contribution in [2.75, 3.05) is 0 Å². The van der Waals surface area contributed by atoms with Gasteiger partial charge in [-0.2, -0.15) is 0 Å². The summed E-state index contributed by atoms with van der Waals surface area (Å²) < 4.78 is 27.7. The van der Waals surface area contributed by atoms with Crippen molar-refractivity contribution in [3.05, 3.63) is 81.4 Å². The first-order chi connectivity index (χ1) is 13.8. The van der Waals surface area contributed by atoms with Crippen LogP contribution in [0.15, 0.2) is 58.9 Å². The van der Waals surface area contributed by atoms with Crippen LogP contribution in [0.2, 0.25) is 5.02 Å². The highest BCUT2D eigenvalue weighted by Crippen LogP contribution is 2.27. The molecule has 10 heteroatoms. The van der Waals surface area contributed by atoms with E-state index in [-0.39, 0.29) is 28.6 Å². The molecule has 0 saturated heterocycles. The molecule has 1 aliphatic heterocycles. The number of hydrogen-bond donors (Lipinski definition) is 1.